The summed E-state index contributed by atoms with van der Waals surface area (Å²) < 4.78 is 79.8. The van der Waals surface area contributed by atoms with E-state index in [9.17, 15) is 35.9 Å². The van der Waals surface area contributed by atoms with E-state index in [1.807, 2.05) is 12.1 Å². The number of allylic oxidation sites excluding steroid dienone is 1. The van der Waals surface area contributed by atoms with Crippen LogP contribution in [0.1, 0.15) is 61.4 Å². The Morgan fingerprint density at radius 1 is 1.00 bits per heavy atom. The molecule has 0 saturated carbocycles. The van der Waals surface area contributed by atoms with Gasteiger partial charge in [-0.3, -0.25) is 14.5 Å². The predicted molar refractivity (Wildman–Crippen MR) is 145 cm³/mol. The highest BCUT2D eigenvalue weighted by molar-refractivity contribution is 5.91. The molecule has 3 aliphatic rings. The Labute approximate surface area is 240 Å². The number of hydrogen-bond donors (Lipinski definition) is 1. The molecule has 2 aromatic carbocycles. The van der Waals surface area contributed by atoms with Crippen LogP contribution in [-0.2, 0) is 33.9 Å². The molecule has 2 unspecified atom stereocenters. The monoisotopic (exact) mass is 593 g/mol. The molecule has 4 atom stereocenters. The van der Waals surface area contributed by atoms with Crippen LogP contribution in [0.3, 0.4) is 0 Å². The van der Waals surface area contributed by atoms with Crippen molar-refractivity contribution in [2.24, 2.45) is 5.92 Å². The number of nitrogens with zero attached hydrogens (tertiary/aromatic N) is 2. The van der Waals surface area contributed by atoms with Gasteiger partial charge in [0, 0.05) is 38.0 Å². The molecule has 0 aromatic heterocycles. The minimum Gasteiger partial charge on any atom is -0.350 e. The van der Waals surface area contributed by atoms with Crippen LogP contribution in [0, 0.1) is 5.92 Å². The number of carbonyl (C=O) groups excluding carboxylic acids is 2. The first-order valence-electron chi connectivity index (χ1n) is 13.9. The molecule has 5 rings (SSSR count). The zero-order valence-electron chi connectivity index (χ0n) is 23.6. The molecule has 2 fully saturated rings. The molecule has 1 spiro atoms. The van der Waals surface area contributed by atoms with E-state index in [2.05, 4.69) is 41.4 Å². The number of nitrogens with one attached hydrogen (secondary N) is 1. The third kappa shape index (κ3) is 5.31. The van der Waals surface area contributed by atoms with Gasteiger partial charge < -0.3 is 10.2 Å². The second-order valence-electron chi connectivity index (χ2n) is 12.0. The normalized spacial score (nSPS) is 27.9. The Morgan fingerprint density at radius 2 is 1.64 bits per heavy atom. The fourth-order valence-electron chi connectivity index (χ4n) is 7.03. The molecule has 11 heteroatoms. The molecule has 0 bridgehead atoms. The van der Waals surface area contributed by atoms with Crippen LogP contribution < -0.4 is 5.32 Å². The molecule has 226 valence electrons. The van der Waals surface area contributed by atoms with Gasteiger partial charge in [-0.2, -0.15) is 26.3 Å². The van der Waals surface area contributed by atoms with Crippen molar-refractivity contribution in [1.82, 2.24) is 15.1 Å². The van der Waals surface area contributed by atoms with Gasteiger partial charge in [-0.25, -0.2) is 0 Å². The van der Waals surface area contributed by atoms with Crippen LogP contribution in [0.4, 0.5) is 26.3 Å². The standard InChI is InChI=1S/C31H33F6N3O2/c1-19-17-39(11-10-29(19)9-8-22-6-4-5-7-26(22)29)25-15-28(3,40(18-25)20(2)41)27(42)38-16-21-12-23(30(32,33)34)14-24(13-21)31(35,36)37/h4-9,12-14,19,25H,10-11,15-18H2,1-3H3,(H,38,42)/t19-,25?,28?,29-/m0/s1. The third-order valence-electron chi connectivity index (χ3n) is 9.33. The minimum absolute atomic E-state index is 0.0510. The van der Waals surface area contributed by atoms with Crippen molar-refractivity contribution in [3.63, 3.8) is 0 Å². The van der Waals surface area contributed by atoms with E-state index in [0.29, 0.717) is 25.1 Å². The third-order valence-corrected chi connectivity index (χ3v) is 9.33. The molecule has 2 aromatic rings. The Balaban J connectivity index is 1.31. The molecule has 2 saturated heterocycles. The average Bonchev–Trinajstić information content (AvgIpc) is 3.48. The van der Waals surface area contributed by atoms with E-state index in [0.717, 1.165) is 19.5 Å². The summed E-state index contributed by atoms with van der Waals surface area (Å²) in [6.07, 6.45) is -4.36. The number of benzene rings is 2. The first-order valence-corrected chi connectivity index (χ1v) is 13.9. The topological polar surface area (TPSA) is 52.7 Å². The number of alkyl halides is 6. The zero-order chi connectivity index (χ0) is 30.7. The van der Waals surface area contributed by atoms with Crippen LogP contribution in [0.25, 0.3) is 6.08 Å². The first kappa shape index (κ1) is 30.1. The molecule has 42 heavy (non-hydrogen) atoms. The molecule has 5 nitrogen and oxygen atoms in total. The summed E-state index contributed by atoms with van der Waals surface area (Å²) in [6.45, 7) is 6.40. The van der Waals surface area contributed by atoms with E-state index < -0.39 is 41.5 Å². The SMILES string of the molecule is CC(=O)N1CC(N2CC[C@@]3(C=Cc4ccccc43)[C@@H](C)C2)CC1(C)C(=O)NCc1cc(C(F)(F)F)cc(C(F)(F)F)c1. The van der Waals surface area contributed by atoms with E-state index >= 15 is 0 Å². The number of amides is 2. The van der Waals surface area contributed by atoms with Crippen molar-refractivity contribution in [2.45, 2.75) is 69.5 Å². The summed E-state index contributed by atoms with van der Waals surface area (Å²) in [7, 11) is 0. The number of fused-ring (bicyclic) bond motifs is 2. The maximum absolute atomic E-state index is 13.5. The van der Waals surface area contributed by atoms with Crippen LogP contribution in [-0.4, -0.2) is 52.8 Å². The highest BCUT2D eigenvalue weighted by Gasteiger charge is 2.52. The Hall–Kier alpha value is -3.34. The minimum atomic E-state index is -4.99. The number of carbonyl (C=O) groups is 2. The lowest BCUT2D eigenvalue weighted by molar-refractivity contribution is -0.143. The molecule has 0 radical (unpaired) electrons. The summed E-state index contributed by atoms with van der Waals surface area (Å²) in [5, 5.41) is 2.51. The second-order valence-corrected chi connectivity index (χ2v) is 12.0. The first-order chi connectivity index (χ1) is 19.5. The van der Waals surface area contributed by atoms with Crippen molar-refractivity contribution in [2.75, 3.05) is 19.6 Å². The van der Waals surface area contributed by atoms with Gasteiger partial charge >= 0.3 is 12.4 Å². The maximum Gasteiger partial charge on any atom is 0.416 e. The molecular weight excluding hydrogens is 560 g/mol. The Bertz CT molecular complexity index is 1390. The number of rotatable bonds is 4. The fourth-order valence-corrected chi connectivity index (χ4v) is 7.03. The molecule has 1 N–H and O–H groups in total. The van der Waals surface area contributed by atoms with Crippen molar-refractivity contribution < 1.29 is 35.9 Å². The largest absolute Gasteiger partial charge is 0.416 e. The van der Waals surface area contributed by atoms with E-state index in [1.54, 1.807) is 6.92 Å². The predicted octanol–water partition coefficient (Wildman–Crippen LogP) is 6.03. The molecule has 2 aliphatic heterocycles. The smallest absolute Gasteiger partial charge is 0.350 e. The van der Waals surface area contributed by atoms with Gasteiger partial charge in [-0.1, -0.05) is 43.3 Å². The summed E-state index contributed by atoms with van der Waals surface area (Å²) in [6, 6.07) is 9.45. The molecular formula is C31H33F6N3O2. The van der Waals surface area contributed by atoms with Gasteiger partial charge in [0.2, 0.25) is 11.8 Å². The van der Waals surface area contributed by atoms with Crippen molar-refractivity contribution in [1.29, 1.82) is 0 Å². The van der Waals surface area contributed by atoms with Gasteiger partial charge in [0.1, 0.15) is 5.54 Å². The highest BCUT2D eigenvalue weighted by atomic mass is 19.4. The van der Waals surface area contributed by atoms with Crippen LogP contribution >= 0.6 is 0 Å². The van der Waals surface area contributed by atoms with Gasteiger partial charge in [0.25, 0.3) is 0 Å². The lowest BCUT2D eigenvalue weighted by atomic mass is 9.68. The number of likely N-dealkylation sites (tertiary alicyclic amines) is 2. The molecule has 1 aliphatic carbocycles. The summed E-state index contributed by atoms with van der Waals surface area (Å²) in [4.78, 5) is 29.9. The van der Waals surface area contributed by atoms with Gasteiger partial charge in [-0.05, 0) is 67.1 Å². The highest BCUT2D eigenvalue weighted by Crippen LogP contribution is 2.48. The molecule has 2 heterocycles. The lowest BCUT2D eigenvalue weighted by Crippen LogP contribution is -2.54. The number of hydrogen-bond acceptors (Lipinski definition) is 3. The van der Waals surface area contributed by atoms with E-state index in [-0.39, 0.29) is 34.9 Å². The van der Waals surface area contributed by atoms with Crippen LogP contribution in [0.5, 0.6) is 0 Å². The fraction of sp³-hybridized carbons (Fsp3) is 0.484. The van der Waals surface area contributed by atoms with Gasteiger partial charge in [0.15, 0.2) is 0 Å². The average molecular weight is 594 g/mol. The molecule has 2 amide bonds. The number of piperidine rings is 1. The quantitative estimate of drug-likeness (QED) is 0.441. The summed E-state index contributed by atoms with van der Waals surface area (Å²) >= 11 is 0. The van der Waals surface area contributed by atoms with E-state index in [4.69, 9.17) is 0 Å². The summed E-state index contributed by atoms with van der Waals surface area (Å²) in [5.74, 6) is -0.690. The number of halogens is 6. The second kappa shape index (κ2) is 10.4. The van der Waals surface area contributed by atoms with Crippen molar-refractivity contribution >= 4 is 17.9 Å². The van der Waals surface area contributed by atoms with Gasteiger partial charge in [0.05, 0.1) is 11.1 Å². The zero-order valence-corrected chi connectivity index (χ0v) is 23.6. The van der Waals surface area contributed by atoms with Crippen molar-refractivity contribution in [3.05, 3.63) is 76.4 Å². The summed E-state index contributed by atoms with van der Waals surface area (Å²) in [5.41, 5.74) is -2.10. The van der Waals surface area contributed by atoms with Crippen LogP contribution in [0.2, 0.25) is 0 Å². The van der Waals surface area contributed by atoms with Crippen molar-refractivity contribution in [3.8, 4) is 0 Å². The maximum atomic E-state index is 13.5. The lowest BCUT2D eigenvalue weighted by Gasteiger charge is -2.46. The van der Waals surface area contributed by atoms with E-state index in [1.165, 1.54) is 23.0 Å². The Kier molecular flexibility index (Phi) is 7.48. The Morgan fingerprint density at radius 3 is 2.24 bits per heavy atom. The van der Waals surface area contributed by atoms with Gasteiger partial charge in [-0.15, -0.1) is 0 Å². The van der Waals surface area contributed by atoms with Crippen LogP contribution in [0.15, 0.2) is 48.5 Å².